The first-order chi connectivity index (χ1) is 4.68. The summed E-state index contributed by atoms with van der Waals surface area (Å²) in [6, 6.07) is 0. The van der Waals surface area contributed by atoms with E-state index in [-0.39, 0.29) is 0 Å². The maximum atomic E-state index is 5.50. The van der Waals surface area contributed by atoms with Gasteiger partial charge in [-0.15, -0.1) is 5.10 Å². The summed E-state index contributed by atoms with van der Waals surface area (Å²) in [6.45, 7) is 3.95. The smallest absolute Gasteiger partial charge is 0.165 e. The molecule has 0 fully saturated rings. The van der Waals surface area contributed by atoms with E-state index in [0.717, 1.165) is 0 Å². The molecule has 0 aliphatic heterocycles. The van der Waals surface area contributed by atoms with Gasteiger partial charge in [0, 0.05) is 5.03 Å². The van der Waals surface area contributed by atoms with Gasteiger partial charge in [-0.25, -0.2) is 4.68 Å². The van der Waals surface area contributed by atoms with Crippen molar-refractivity contribution in [1.29, 1.82) is 0 Å². The molecule has 10 heavy (non-hydrogen) atoms. The monoisotopic (exact) mass is 158 g/mol. The molecule has 2 N–H and O–H groups in total. The number of nitrogen functional groups attached to an aromatic ring is 1. The maximum absolute atomic E-state index is 5.50. The van der Waals surface area contributed by atoms with E-state index >= 15 is 0 Å². The van der Waals surface area contributed by atoms with Gasteiger partial charge in [-0.1, -0.05) is 23.4 Å². The molecule has 0 aromatic carbocycles. The number of rotatable bonds is 2. The van der Waals surface area contributed by atoms with Crippen LogP contribution in [0.5, 0.6) is 0 Å². The number of halogens is 1. The van der Waals surface area contributed by atoms with Gasteiger partial charge >= 0.3 is 0 Å². The fraction of sp³-hybridized carbons (Fsp3) is 0.200. The average Bonchev–Trinajstić information content (AvgIpc) is 2.13. The quantitative estimate of drug-likeness (QED) is 0.686. The highest BCUT2D eigenvalue weighted by atomic mass is 35.5. The predicted molar refractivity (Wildman–Crippen MR) is 39.4 cm³/mol. The minimum atomic E-state index is 0.387. The van der Waals surface area contributed by atoms with Crippen molar-refractivity contribution in [3.8, 4) is 0 Å². The standard InChI is InChI=1S/C5H7ClN4/c1-4(6)2-10-3-5(7)8-9-10/h3H,1-2,7H2. The number of aromatic nitrogens is 3. The van der Waals surface area contributed by atoms with Crippen molar-refractivity contribution in [3.63, 3.8) is 0 Å². The van der Waals surface area contributed by atoms with E-state index in [4.69, 9.17) is 17.3 Å². The van der Waals surface area contributed by atoms with Crippen molar-refractivity contribution in [1.82, 2.24) is 15.0 Å². The van der Waals surface area contributed by atoms with Gasteiger partial charge in [-0.2, -0.15) is 0 Å². The Kier molecular flexibility index (Phi) is 1.91. The maximum Gasteiger partial charge on any atom is 0.165 e. The minimum absolute atomic E-state index is 0.387. The zero-order valence-electron chi connectivity index (χ0n) is 5.29. The topological polar surface area (TPSA) is 56.7 Å². The van der Waals surface area contributed by atoms with Crippen LogP contribution in [0.1, 0.15) is 0 Å². The molecule has 1 aromatic heterocycles. The third kappa shape index (κ3) is 1.73. The van der Waals surface area contributed by atoms with E-state index in [2.05, 4.69) is 16.9 Å². The van der Waals surface area contributed by atoms with Crippen molar-refractivity contribution in [3.05, 3.63) is 17.8 Å². The Labute approximate surface area is 63.3 Å². The first-order valence-corrected chi connectivity index (χ1v) is 3.05. The van der Waals surface area contributed by atoms with Crippen LogP contribution < -0.4 is 5.73 Å². The molecular weight excluding hydrogens is 152 g/mol. The van der Waals surface area contributed by atoms with Crippen LogP contribution in [0.4, 0.5) is 5.82 Å². The first kappa shape index (κ1) is 7.08. The van der Waals surface area contributed by atoms with Crippen molar-refractivity contribution in [2.45, 2.75) is 6.54 Å². The summed E-state index contributed by atoms with van der Waals surface area (Å²) in [6.07, 6.45) is 1.59. The normalized spacial score (nSPS) is 9.70. The Morgan fingerprint density at radius 1 is 1.90 bits per heavy atom. The highest BCUT2D eigenvalue weighted by Gasteiger charge is 1.95. The van der Waals surface area contributed by atoms with E-state index < -0.39 is 0 Å². The third-order valence-electron chi connectivity index (χ3n) is 0.890. The fourth-order valence-corrected chi connectivity index (χ4v) is 0.689. The second-order valence-electron chi connectivity index (χ2n) is 1.86. The van der Waals surface area contributed by atoms with Gasteiger partial charge < -0.3 is 5.73 Å². The Morgan fingerprint density at radius 3 is 3.00 bits per heavy atom. The van der Waals surface area contributed by atoms with E-state index in [1.54, 1.807) is 6.20 Å². The molecule has 0 spiro atoms. The van der Waals surface area contributed by atoms with Gasteiger partial charge in [0.15, 0.2) is 5.82 Å². The van der Waals surface area contributed by atoms with Crippen molar-refractivity contribution in [2.24, 2.45) is 0 Å². The number of hydrogen-bond acceptors (Lipinski definition) is 3. The second kappa shape index (κ2) is 2.70. The van der Waals surface area contributed by atoms with Crippen molar-refractivity contribution in [2.75, 3.05) is 5.73 Å². The van der Waals surface area contributed by atoms with Crippen LogP contribution in [-0.2, 0) is 6.54 Å². The number of anilines is 1. The molecule has 0 radical (unpaired) electrons. The van der Waals surface area contributed by atoms with Crippen LogP contribution in [0.3, 0.4) is 0 Å². The Balaban J connectivity index is 2.67. The van der Waals surface area contributed by atoms with E-state index in [0.29, 0.717) is 17.4 Å². The highest BCUT2D eigenvalue weighted by molar-refractivity contribution is 6.29. The summed E-state index contributed by atoms with van der Waals surface area (Å²) in [5.41, 5.74) is 5.29. The lowest BCUT2D eigenvalue weighted by Crippen LogP contribution is -1.97. The van der Waals surface area contributed by atoms with Gasteiger partial charge in [0.1, 0.15) is 0 Å². The fourth-order valence-electron chi connectivity index (χ4n) is 0.566. The lowest BCUT2D eigenvalue weighted by atomic mass is 10.6. The van der Waals surface area contributed by atoms with Crippen LogP contribution >= 0.6 is 11.6 Å². The summed E-state index contributed by atoms with van der Waals surface area (Å²) >= 11 is 5.50. The molecule has 0 amide bonds. The third-order valence-corrected chi connectivity index (χ3v) is 1.01. The molecule has 1 rings (SSSR count). The Bertz CT molecular complexity index is 242. The minimum Gasteiger partial charge on any atom is -0.381 e. The van der Waals surface area contributed by atoms with Crippen LogP contribution in [0.25, 0.3) is 0 Å². The van der Waals surface area contributed by atoms with Crippen molar-refractivity contribution >= 4 is 17.4 Å². The Morgan fingerprint density at radius 2 is 2.60 bits per heavy atom. The highest BCUT2D eigenvalue weighted by Crippen LogP contribution is 2.01. The van der Waals surface area contributed by atoms with Gasteiger partial charge in [-0.05, 0) is 0 Å². The van der Waals surface area contributed by atoms with Gasteiger partial charge in [0.25, 0.3) is 0 Å². The molecule has 0 atom stereocenters. The molecule has 1 aromatic rings. The van der Waals surface area contributed by atoms with E-state index in [9.17, 15) is 0 Å². The Hall–Kier alpha value is -1.03. The predicted octanol–water partition coefficient (Wildman–Crippen LogP) is 0.613. The molecule has 0 aliphatic carbocycles. The summed E-state index contributed by atoms with van der Waals surface area (Å²) in [4.78, 5) is 0. The molecule has 0 unspecified atom stereocenters. The summed E-state index contributed by atoms with van der Waals surface area (Å²) in [5.74, 6) is 0.387. The lowest BCUT2D eigenvalue weighted by molar-refractivity contribution is 0.657. The van der Waals surface area contributed by atoms with Crippen LogP contribution in [0.2, 0.25) is 0 Å². The van der Waals surface area contributed by atoms with Gasteiger partial charge in [0.05, 0.1) is 12.7 Å². The van der Waals surface area contributed by atoms with Crippen molar-refractivity contribution < 1.29 is 0 Å². The molecule has 4 nitrogen and oxygen atoms in total. The first-order valence-electron chi connectivity index (χ1n) is 2.67. The number of allylic oxidation sites excluding steroid dienone is 1. The van der Waals surface area contributed by atoms with E-state index in [1.165, 1.54) is 4.68 Å². The number of hydrogen-bond donors (Lipinski definition) is 1. The van der Waals surface area contributed by atoms with Gasteiger partial charge in [0.2, 0.25) is 0 Å². The summed E-state index contributed by atoms with van der Waals surface area (Å²) in [7, 11) is 0. The second-order valence-corrected chi connectivity index (χ2v) is 2.39. The molecular formula is C5H7ClN4. The van der Waals surface area contributed by atoms with Crippen LogP contribution in [0.15, 0.2) is 17.8 Å². The molecule has 0 bridgehead atoms. The molecule has 5 heteroatoms. The molecule has 1 heterocycles. The SMILES string of the molecule is C=C(Cl)Cn1cc(N)nn1. The number of nitrogens with two attached hydrogens (primary N) is 1. The molecule has 0 aliphatic rings. The molecule has 0 saturated heterocycles. The largest absolute Gasteiger partial charge is 0.381 e. The summed E-state index contributed by atoms with van der Waals surface area (Å²) in [5, 5.41) is 7.72. The molecule has 0 saturated carbocycles. The number of nitrogens with zero attached hydrogens (tertiary/aromatic N) is 3. The zero-order valence-corrected chi connectivity index (χ0v) is 6.04. The average molecular weight is 159 g/mol. The van der Waals surface area contributed by atoms with Crippen LogP contribution in [-0.4, -0.2) is 15.0 Å². The van der Waals surface area contributed by atoms with Gasteiger partial charge in [-0.3, -0.25) is 0 Å². The lowest BCUT2D eigenvalue weighted by Gasteiger charge is -1.93. The zero-order chi connectivity index (χ0) is 7.56. The van der Waals surface area contributed by atoms with E-state index in [1.807, 2.05) is 0 Å². The molecule has 54 valence electrons. The van der Waals surface area contributed by atoms with Crippen LogP contribution in [0, 0.1) is 0 Å². The summed E-state index contributed by atoms with van der Waals surface area (Å²) < 4.78 is 1.52.